The number of likely N-dealkylation sites (tertiary alicyclic amines) is 1. The molecule has 2 saturated heterocycles. The fraction of sp³-hybridized carbons (Fsp3) is 0.667. The number of nitrogens with zero attached hydrogens (tertiary/aromatic N) is 3. The molecule has 0 aromatic carbocycles. The first-order chi connectivity index (χ1) is 10.7. The van der Waals surface area contributed by atoms with Crippen LogP contribution in [0.3, 0.4) is 0 Å². The van der Waals surface area contributed by atoms with E-state index in [1.165, 1.54) is 0 Å². The quantitative estimate of drug-likeness (QED) is 0.824. The van der Waals surface area contributed by atoms with E-state index in [9.17, 15) is 4.79 Å². The zero-order valence-electron chi connectivity index (χ0n) is 13.0. The Morgan fingerprint density at radius 2 is 2.41 bits per heavy atom. The predicted octanol–water partition coefficient (Wildman–Crippen LogP) is 0.480. The highest BCUT2D eigenvalue weighted by Crippen LogP contribution is 2.17. The number of nitrogens with one attached hydrogen (secondary N) is 2. The van der Waals surface area contributed by atoms with Gasteiger partial charge in [-0.05, 0) is 13.3 Å². The summed E-state index contributed by atoms with van der Waals surface area (Å²) in [5, 5.41) is 6.70. The molecule has 1 unspecified atom stereocenters. The summed E-state index contributed by atoms with van der Waals surface area (Å²) < 4.78 is 5.49. The predicted molar refractivity (Wildman–Crippen MR) is 82.6 cm³/mol. The Hall–Kier alpha value is -1.73. The molecule has 7 nitrogen and oxygen atoms in total. The van der Waals surface area contributed by atoms with Crippen LogP contribution in [0.1, 0.15) is 30.4 Å². The van der Waals surface area contributed by atoms with Crippen molar-refractivity contribution in [1.29, 1.82) is 0 Å². The Kier molecular flexibility index (Phi) is 4.84. The minimum absolute atomic E-state index is 0.121. The highest BCUT2D eigenvalue weighted by molar-refractivity contribution is 5.78. The number of amides is 1. The zero-order valence-corrected chi connectivity index (χ0v) is 13.0. The summed E-state index contributed by atoms with van der Waals surface area (Å²) in [5.41, 5.74) is 0.951. The Balaban J connectivity index is 1.58. The zero-order chi connectivity index (χ0) is 15.4. The number of rotatable bonds is 5. The van der Waals surface area contributed by atoms with Crippen molar-refractivity contribution < 1.29 is 9.53 Å². The van der Waals surface area contributed by atoms with Crippen molar-refractivity contribution in [2.75, 3.05) is 44.7 Å². The molecule has 0 radical (unpaired) electrons. The van der Waals surface area contributed by atoms with Crippen molar-refractivity contribution in [3.05, 3.63) is 17.6 Å². The first-order valence-corrected chi connectivity index (χ1v) is 7.91. The second-order valence-corrected chi connectivity index (χ2v) is 5.72. The molecule has 2 aliphatic rings. The molecule has 22 heavy (non-hydrogen) atoms. The maximum atomic E-state index is 11.6. The van der Waals surface area contributed by atoms with Crippen LogP contribution in [0.25, 0.3) is 0 Å². The molecule has 1 atom stereocenters. The molecule has 7 heteroatoms. The summed E-state index contributed by atoms with van der Waals surface area (Å²) in [6, 6.07) is 2.08. The standard InChI is InChI=1S/C15H23N5O2/c1-11-18-12(13-10-22-8-5-16-13)9-14(19-11)17-4-7-20-6-2-3-15(20)21/h9,13,16H,2-8,10H2,1H3,(H,17,18,19). The van der Waals surface area contributed by atoms with Crippen LogP contribution in [0.4, 0.5) is 5.82 Å². The molecular weight excluding hydrogens is 282 g/mol. The van der Waals surface area contributed by atoms with Crippen molar-refractivity contribution >= 4 is 11.7 Å². The molecule has 0 saturated carbocycles. The maximum Gasteiger partial charge on any atom is 0.222 e. The second kappa shape index (κ2) is 7.02. The molecule has 0 spiro atoms. The van der Waals surface area contributed by atoms with Gasteiger partial charge < -0.3 is 20.3 Å². The third-order valence-electron chi connectivity index (χ3n) is 4.00. The SMILES string of the molecule is Cc1nc(NCCN2CCCC2=O)cc(C2COCCN2)n1. The van der Waals surface area contributed by atoms with Gasteiger partial charge in [0.25, 0.3) is 0 Å². The Labute approximate surface area is 130 Å². The molecule has 3 heterocycles. The van der Waals surface area contributed by atoms with E-state index in [1.807, 2.05) is 17.9 Å². The van der Waals surface area contributed by atoms with E-state index in [-0.39, 0.29) is 11.9 Å². The molecule has 2 N–H and O–H groups in total. The molecule has 1 aromatic rings. The number of aryl methyl sites for hydroxylation is 1. The van der Waals surface area contributed by atoms with Gasteiger partial charge in [0.1, 0.15) is 11.6 Å². The van der Waals surface area contributed by atoms with Crippen LogP contribution < -0.4 is 10.6 Å². The normalized spacial score (nSPS) is 22.1. The first-order valence-electron chi connectivity index (χ1n) is 7.91. The van der Waals surface area contributed by atoms with E-state index >= 15 is 0 Å². The summed E-state index contributed by atoms with van der Waals surface area (Å²) in [6.45, 7) is 6.42. The fourth-order valence-electron chi connectivity index (χ4n) is 2.87. The molecular formula is C15H23N5O2. The molecule has 3 rings (SSSR count). The van der Waals surface area contributed by atoms with Crippen LogP contribution >= 0.6 is 0 Å². The van der Waals surface area contributed by atoms with Crippen LogP contribution in [-0.2, 0) is 9.53 Å². The smallest absolute Gasteiger partial charge is 0.222 e. The largest absolute Gasteiger partial charge is 0.378 e. The Morgan fingerprint density at radius 1 is 1.50 bits per heavy atom. The van der Waals surface area contributed by atoms with Gasteiger partial charge in [0.05, 0.1) is 24.9 Å². The Morgan fingerprint density at radius 3 is 3.14 bits per heavy atom. The minimum Gasteiger partial charge on any atom is -0.378 e. The highest BCUT2D eigenvalue weighted by atomic mass is 16.5. The van der Waals surface area contributed by atoms with Crippen molar-refractivity contribution in [2.24, 2.45) is 0 Å². The topological polar surface area (TPSA) is 79.4 Å². The molecule has 0 bridgehead atoms. The average Bonchev–Trinajstić information content (AvgIpc) is 2.93. The second-order valence-electron chi connectivity index (χ2n) is 5.72. The summed E-state index contributed by atoms with van der Waals surface area (Å²) in [5.74, 6) is 1.80. The molecule has 0 aliphatic carbocycles. The lowest BCUT2D eigenvalue weighted by Crippen LogP contribution is -2.35. The van der Waals surface area contributed by atoms with Gasteiger partial charge in [0.15, 0.2) is 0 Å². The van der Waals surface area contributed by atoms with Crippen molar-refractivity contribution in [3.63, 3.8) is 0 Å². The van der Waals surface area contributed by atoms with E-state index in [1.54, 1.807) is 0 Å². The van der Waals surface area contributed by atoms with Gasteiger partial charge in [-0.1, -0.05) is 0 Å². The number of anilines is 1. The van der Waals surface area contributed by atoms with E-state index in [4.69, 9.17) is 4.74 Å². The van der Waals surface area contributed by atoms with Crippen LogP contribution in [0.5, 0.6) is 0 Å². The minimum atomic E-state index is 0.121. The monoisotopic (exact) mass is 305 g/mol. The molecule has 2 aliphatic heterocycles. The number of carbonyl (C=O) groups is 1. The number of hydrogen-bond acceptors (Lipinski definition) is 6. The van der Waals surface area contributed by atoms with E-state index < -0.39 is 0 Å². The number of morpholine rings is 1. The third kappa shape index (κ3) is 3.72. The van der Waals surface area contributed by atoms with Gasteiger partial charge in [-0.3, -0.25) is 4.79 Å². The van der Waals surface area contributed by atoms with E-state index in [2.05, 4.69) is 20.6 Å². The van der Waals surface area contributed by atoms with Crippen molar-refractivity contribution in [2.45, 2.75) is 25.8 Å². The lowest BCUT2D eigenvalue weighted by molar-refractivity contribution is -0.127. The van der Waals surface area contributed by atoms with Crippen LogP contribution in [0.2, 0.25) is 0 Å². The molecule has 120 valence electrons. The van der Waals surface area contributed by atoms with Crippen LogP contribution in [-0.4, -0.2) is 60.2 Å². The van der Waals surface area contributed by atoms with Crippen molar-refractivity contribution in [3.8, 4) is 0 Å². The molecule has 1 amide bonds. The van der Waals surface area contributed by atoms with Gasteiger partial charge in [-0.25, -0.2) is 9.97 Å². The summed E-state index contributed by atoms with van der Waals surface area (Å²) in [6.07, 6.45) is 1.66. The first kappa shape index (κ1) is 15.2. The number of carbonyl (C=O) groups excluding carboxylic acids is 1. The lowest BCUT2D eigenvalue weighted by atomic mass is 10.2. The molecule has 2 fully saturated rings. The molecule has 1 aromatic heterocycles. The Bertz CT molecular complexity index is 531. The van der Waals surface area contributed by atoms with Crippen LogP contribution in [0, 0.1) is 6.92 Å². The third-order valence-corrected chi connectivity index (χ3v) is 4.00. The van der Waals surface area contributed by atoms with Gasteiger partial charge in [-0.2, -0.15) is 0 Å². The van der Waals surface area contributed by atoms with E-state index in [0.717, 1.165) is 50.0 Å². The summed E-state index contributed by atoms with van der Waals surface area (Å²) in [7, 11) is 0. The van der Waals surface area contributed by atoms with Gasteiger partial charge in [-0.15, -0.1) is 0 Å². The summed E-state index contributed by atoms with van der Waals surface area (Å²) >= 11 is 0. The number of aromatic nitrogens is 2. The van der Waals surface area contributed by atoms with E-state index in [0.29, 0.717) is 19.6 Å². The van der Waals surface area contributed by atoms with Crippen molar-refractivity contribution in [1.82, 2.24) is 20.2 Å². The highest BCUT2D eigenvalue weighted by Gasteiger charge is 2.20. The van der Waals surface area contributed by atoms with Gasteiger partial charge in [0, 0.05) is 38.7 Å². The fourth-order valence-corrected chi connectivity index (χ4v) is 2.87. The number of ether oxygens (including phenoxy) is 1. The number of hydrogen-bond donors (Lipinski definition) is 2. The maximum absolute atomic E-state index is 11.6. The van der Waals surface area contributed by atoms with Gasteiger partial charge in [0.2, 0.25) is 5.91 Å². The average molecular weight is 305 g/mol. The van der Waals surface area contributed by atoms with Gasteiger partial charge >= 0.3 is 0 Å². The summed E-state index contributed by atoms with van der Waals surface area (Å²) in [4.78, 5) is 22.4. The van der Waals surface area contributed by atoms with Crippen LogP contribution in [0.15, 0.2) is 6.07 Å². The lowest BCUT2D eigenvalue weighted by Gasteiger charge is -2.24.